The van der Waals surface area contributed by atoms with Gasteiger partial charge < -0.3 is 5.53 Å². The fourth-order valence-electron chi connectivity index (χ4n) is 1.32. The molecule has 3 nitrogen and oxygen atoms in total. The summed E-state index contributed by atoms with van der Waals surface area (Å²) in [5, 5.41) is 0. The topological polar surface area (TPSA) is 48.8 Å². The highest BCUT2D eigenvalue weighted by atomic mass is 14.9. The molecule has 3 heteroatoms. The van der Waals surface area contributed by atoms with Gasteiger partial charge in [0.1, 0.15) is 5.71 Å². The minimum atomic E-state index is 0.619. The van der Waals surface area contributed by atoms with Crippen molar-refractivity contribution in [3.8, 4) is 0 Å². The molecule has 2 rings (SSSR count). The van der Waals surface area contributed by atoms with E-state index >= 15 is 0 Å². The highest BCUT2D eigenvalue weighted by Crippen LogP contribution is 2.13. The van der Waals surface area contributed by atoms with Gasteiger partial charge in [-0.15, -0.1) is 0 Å². The van der Waals surface area contributed by atoms with Crippen LogP contribution in [-0.4, -0.2) is 16.2 Å². The summed E-state index contributed by atoms with van der Waals surface area (Å²) in [6, 6.07) is 9.61. The summed E-state index contributed by atoms with van der Waals surface area (Å²) >= 11 is 0. The first-order valence-corrected chi connectivity index (χ1v) is 4.42. The normalized spacial score (nSPS) is 17.4. The monoisotopic (exact) mass is 183 g/mol. The van der Waals surface area contributed by atoms with E-state index in [-0.39, 0.29) is 0 Å². The third kappa shape index (κ3) is 1.68. The lowest BCUT2D eigenvalue weighted by molar-refractivity contribution is -0.00316. The van der Waals surface area contributed by atoms with Gasteiger partial charge in [-0.3, -0.25) is 0 Å². The number of rotatable bonds is 1. The van der Waals surface area contributed by atoms with E-state index in [2.05, 4.69) is 9.78 Å². The molecule has 0 spiro atoms. The third-order valence-electron chi connectivity index (χ3n) is 2.01. The Hall–Kier alpha value is -1.99. The number of hydrogen-bond acceptors (Lipinski definition) is 1. The van der Waals surface area contributed by atoms with Crippen molar-refractivity contribution in [3.05, 3.63) is 48.0 Å². The number of aliphatic imine (C=N–C) groups is 1. The van der Waals surface area contributed by atoms with Crippen LogP contribution in [0.15, 0.2) is 47.5 Å². The Labute approximate surface area is 82.0 Å². The van der Waals surface area contributed by atoms with Gasteiger partial charge in [0, 0.05) is 0 Å². The average Bonchev–Trinajstić information content (AvgIpc) is 2.67. The maximum absolute atomic E-state index is 8.68. The molecule has 1 aromatic rings. The molecular weight excluding hydrogens is 174 g/mol. The Bertz CT molecular complexity index is 437. The van der Waals surface area contributed by atoms with Gasteiger partial charge in [0.2, 0.25) is 0 Å². The molecule has 0 N–H and O–H groups in total. The van der Waals surface area contributed by atoms with Crippen molar-refractivity contribution in [1.82, 2.24) is 0 Å². The number of allylic oxidation sites excluding steroid dienone is 2. The second-order valence-corrected chi connectivity index (χ2v) is 2.99. The minimum Gasteiger partial charge on any atom is -0.361 e. The molecule has 0 aliphatic heterocycles. The zero-order valence-corrected chi connectivity index (χ0v) is 7.59. The van der Waals surface area contributed by atoms with E-state index in [1.54, 1.807) is 0 Å². The lowest BCUT2D eigenvalue weighted by Crippen LogP contribution is -2.05. The van der Waals surface area contributed by atoms with Gasteiger partial charge in [-0.1, -0.05) is 24.3 Å². The third-order valence-corrected chi connectivity index (χ3v) is 2.01. The summed E-state index contributed by atoms with van der Waals surface area (Å²) in [5.74, 6) is 0. The summed E-state index contributed by atoms with van der Waals surface area (Å²) in [7, 11) is 0. The van der Waals surface area contributed by atoms with E-state index in [0.29, 0.717) is 12.1 Å². The molecule has 1 aliphatic rings. The average molecular weight is 183 g/mol. The lowest BCUT2D eigenvalue weighted by Gasteiger charge is -1.91. The molecule has 0 aromatic heterocycles. The number of benzene rings is 1. The van der Waals surface area contributed by atoms with Crippen LogP contribution < -0.4 is 0 Å². The summed E-state index contributed by atoms with van der Waals surface area (Å²) < 4.78 is 0. The Kier molecular flexibility index (Phi) is 2.34. The van der Waals surface area contributed by atoms with Gasteiger partial charge in [0.05, 0.1) is 12.1 Å². The summed E-state index contributed by atoms with van der Waals surface area (Å²) in [4.78, 5) is 7.54. The van der Waals surface area contributed by atoms with Crippen LogP contribution >= 0.6 is 0 Å². The highest BCUT2D eigenvalue weighted by Gasteiger charge is 2.18. The quantitative estimate of drug-likeness (QED) is 0.474. The molecule has 14 heavy (non-hydrogen) atoms. The number of para-hydroxylation sites is 1. The molecule has 0 bridgehead atoms. The van der Waals surface area contributed by atoms with E-state index in [9.17, 15) is 0 Å². The van der Waals surface area contributed by atoms with Crippen LogP contribution in [0.2, 0.25) is 0 Å². The largest absolute Gasteiger partial charge is 0.361 e. The summed E-state index contributed by atoms with van der Waals surface area (Å²) in [5.41, 5.74) is 10.9. The van der Waals surface area contributed by atoms with Gasteiger partial charge >= 0.3 is 5.71 Å². The summed E-state index contributed by atoms with van der Waals surface area (Å²) in [6.07, 6.45) is 4.45. The van der Waals surface area contributed by atoms with Crippen LogP contribution in [0.1, 0.15) is 6.42 Å². The Morgan fingerprint density at radius 3 is 2.71 bits per heavy atom. The molecule has 0 atom stereocenters. The molecule has 0 fully saturated rings. The minimum absolute atomic E-state index is 0.619. The van der Waals surface area contributed by atoms with Crippen molar-refractivity contribution >= 4 is 17.1 Å². The van der Waals surface area contributed by atoms with Crippen molar-refractivity contribution in [2.75, 3.05) is 0 Å². The molecule has 68 valence electrons. The van der Waals surface area contributed by atoms with Crippen LogP contribution in [0, 0.1) is 0 Å². The zero-order valence-electron chi connectivity index (χ0n) is 7.59. The van der Waals surface area contributed by atoms with E-state index < -0.39 is 0 Å². The van der Waals surface area contributed by atoms with E-state index in [4.69, 9.17) is 5.53 Å². The second kappa shape index (κ2) is 3.81. The van der Waals surface area contributed by atoms with Crippen LogP contribution in [0.25, 0.3) is 5.53 Å². The first-order chi connectivity index (χ1) is 6.90. The fraction of sp³-hybridized carbons (Fsp3) is 0.0909. The first-order valence-electron chi connectivity index (χ1n) is 4.42. The van der Waals surface area contributed by atoms with Crippen LogP contribution in [-0.2, 0) is 0 Å². The molecule has 0 saturated heterocycles. The maximum Gasteiger partial charge on any atom is 0.321 e. The van der Waals surface area contributed by atoms with Crippen molar-refractivity contribution in [1.29, 1.82) is 0 Å². The molecule has 0 amide bonds. The molecule has 1 aromatic carbocycles. The Morgan fingerprint density at radius 1 is 1.21 bits per heavy atom. The first kappa shape index (κ1) is 8.60. The number of hydrogen-bond donors (Lipinski definition) is 0. The summed E-state index contributed by atoms with van der Waals surface area (Å²) in [6.45, 7) is 0. The molecular formula is C11H9N3. The highest BCUT2D eigenvalue weighted by molar-refractivity contribution is 6.47. The Morgan fingerprint density at radius 2 is 2.00 bits per heavy atom. The smallest absolute Gasteiger partial charge is 0.321 e. The molecule has 1 aliphatic carbocycles. The van der Waals surface area contributed by atoms with Crippen LogP contribution in [0.4, 0.5) is 5.69 Å². The van der Waals surface area contributed by atoms with Gasteiger partial charge in [-0.25, -0.2) is 4.99 Å². The number of nitrogens with zero attached hydrogens (tertiary/aromatic N) is 3. The predicted octanol–water partition coefficient (Wildman–Crippen LogP) is 2.39. The van der Waals surface area contributed by atoms with Crippen molar-refractivity contribution in [3.63, 3.8) is 0 Å². The standard InChI is InChI=1S/C11H9N3/c12-14-11-8-4-7-10(11)13-9-5-2-1-3-6-9/h1-7H,8H2. The molecule has 0 radical (unpaired) electrons. The van der Waals surface area contributed by atoms with Crippen molar-refractivity contribution in [2.45, 2.75) is 6.42 Å². The second-order valence-electron chi connectivity index (χ2n) is 2.99. The van der Waals surface area contributed by atoms with Gasteiger partial charge in [0.15, 0.2) is 0 Å². The SMILES string of the molecule is [N-]=[N+]=C1CC=CC1=Nc1ccccc1. The van der Waals surface area contributed by atoms with Gasteiger partial charge in [-0.2, -0.15) is 4.79 Å². The molecule has 0 heterocycles. The Balaban J connectivity index is 2.36. The van der Waals surface area contributed by atoms with E-state index in [0.717, 1.165) is 11.4 Å². The lowest BCUT2D eigenvalue weighted by atomic mass is 10.2. The predicted molar refractivity (Wildman–Crippen MR) is 55.9 cm³/mol. The van der Waals surface area contributed by atoms with Gasteiger partial charge in [0.25, 0.3) is 0 Å². The molecule has 0 unspecified atom stereocenters. The van der Waals surface area contributed by atoms with Crippen LogP contribution in [0.3, 0.4) is 0 Å². The van der Waals surface area contributed by atoms with E-state index in [1.807, 2.05) is 42.5 Å². The van der Waals surface area contributed by atoms with E-state index in [1.165, 1.54) is 0 Å². The fourth-order valence-corrected chi connectivity index (χ4v) is 1.32. The van der Waals surface area contributed by atoms with Crippen LogP contribution in [0.5, 0.6) is 0 Å². The van der Waals surface area contributed by atoms with Crippen molar-refractivity contribution < 1.29 is 4.79 Å². The zero-order chi connectivity index (χ0) is 9.80. The maximum atomic E-state index is 8.68. The van der Waals surface area contributed by atoms with Crippen molar-refractivity contribution in [2.24, 2.45) is 4.99 Å². The molecule has 0 saturated carbocycles. The van der Waals surface area contributed by atoms with Gasteiger partial charge in [-0.05, 0) is 18.2 Å².